The normalized spacial score (nSPS) is 16.1. The van der Waals surface area contributed by atoms with Crippen molar-refractivity contribution >= 4 is 7.82 Å². The molecule has 17 heavy (non-hydrogen) atoms. The first-order chi connectivity index (χ1) is 7.77. The molecule has 1 N–H and O–H groups in total. The van der Waals surface area contributed by atoms with Crippen molar-refractivity contribution in [1.29, 1.82) is 0 Å². The lowest BCUT2D eigenvalue weighted by Gasteiger charge is -2.23. The van der Waals surface area contributed by atoms with Crippen LogP contribution in [0.3, 0.4) is 0 Å². The Labute approximate surface area is 104 Å². The minimum absolute atomic E-state index is 0.195. The standard InChI is InChI=1S/C11H24NO4P/c1-5-6-7-8-10-15-17(13,14)16-11-9-12(2,3)4/h8,10H,5-7,9,11H2,1-4H3/p+1/b10-8+. The molecule has 6 heteroatoms. The van der Waals surface area contributed by atoms with Crippen LogP contribution in [0.4, 0.5) is 0 Å². The van der Waals surface area contributed by atoms with Gasteiger partial charge in [0.2, 0.25) is 0 Å². The van der Waals surface area contributed by atoms with Gasteiger partial charge >= 0.3 is 7.82 Å². The van der Waals surface area contributed by atoms with E-state index in [2.05, 4.69) is 6.92 Å². The minimum Gasteiger partial charge on any atom is -0.412 e. The molecule has 0 rings (SSSR count). The Hall–Kier alpha value is -0.350. The summed E-state index contributed by atoms with van der Waals surface area (Å²) in [7, 11) is 2.03. The number of hydrogen-bond acceptors (Lipinski definition) is 3. The molecule has 0 aromatic heterocycles. The first-order valence-electron chi connectivity index (χ1n) is 5.88. The number of quaternary nitrogens is 1. The van der Waals surface area contributed by atoms with E-state index in [0.717, 1.165) is 19.3 Å². The van der Waals surface area contributed by atoms with Gasteiger partial charge in [-0.3, -0.25) is 9.42 Å². The number of unbranched alkanes of at least 4 members (excludes halogenated alkanes) is 2. The van der Waals surface area contributed by atoms with Crippen LogP contribution < -0.4 is 0 Å². The van der Waals surface area contributed by atoms with E-state index >= 15 is 0 Å². The van der Waals surface area contributed by atoms with Crippen molar-refractivity contribution in [2.24, 2.45) is 0 Å². The Kier molecular flexibility index (Phi) is 7.71. The van der Waals surface area contributed by atoms with Gasteiger partial charge < -0.3 is 9.01 Å². The number of hydrogen-bond donors (Lipinski definition) is 1. The summed E-state index contributed by atoms with van der Waals surface area (Å²) >= 11 is 0. The second-order valence-corrected chi connectivity index (χ2v) is 6.34. The van der Waals surface area contributed by atoms with Gasteiger partial charge in [0, 0.05) is 0 Å². The van der Waals surface area contributed by atoms with Crippen LogP contribution in [-0.2, 0) is 13.6 Å². The average Bonchev–Trinajstić information content (AvgIpc) is 2.14. The summed E-state index contributed by atoms with van der Waals surface area (Å²) in [5.41, 5.74) is 0. The number of nitrogens with zero attached hydrogens (tertiary/aromatic N) is 1. The zero-order valence-electron chi connectivity index (χ0n) is 11.3. The van der Waals surface area contributed by atoms with Gasteiger partial charge in [0.05, 0.1) is 27.4 Å². The fraction of sp³-hybridized carbons (Fsp3) is 0.818. The molecule has 1 unspecified atom stereocenters. The Balaban J connectivity index is 3.80. The molecule has 0 fully saturated rings. The Morgan fingerprint density at radius 1 is 1.35 bits per heavy atom. The zero-order chi connectivity index (χ0) is 13.4. The van der Waals surface area contributed by atoms with Crippen LogP contribution in [0.1, 0.15) is 26.2 Å². The number of phosphoric acid groups is 1. The van der Waals surface area contributed by atoms with Crippen LogP contribution in [0.15, 0.2) is 12.3 Å². The molecule has 0 aliphatic carbocycles. The predicted molar refractivity (Wildman–Crippen MR) is 68.4 cm³/mol. The summed E-state index contributed by atoms with van der Waals surface area (Å²) in [5, 5.41) is 0. The molecule has 0 aromatic carbocycles. The quantitative estimate of drug-likeness (QED) is 0.301. The van der Waals surface area contributed by atoms with Crippen molar-refractivity contribution in [2.75, 3.05) is 34.3 Å². The third-order valence-corrected chi connectivity index (χ3v) is 2.93. The highest BCUT2D eigenvalue weighted by molar-refractivity contribution is 7.47. The Bertz CT molecular complexity index is 273. The summed E-state index contributed by atoms with van der Waals surface area (Å²) in [6, 6.07) is 0. The van der Waals surface area contributed by atoms with Crippen molar-refractivity contribution in [2.45, 2.75) is 26.2 Å². The summed E-state index contributed by atoms with van der Waals surface area (Å²) in [5.74, 6) is 0. The Morgan fingerprint density at radius 3 is 2.53 bits per heavy atom. The third kappa shape index (κ3) is 11.9. The Morgan fingerprint density at radius 2 is 2.00 bits per heavy atom. The molecule has 0 amide bonds. The predicted octanol–water partition coefficient (Wildman–Crippen LogP) is 2.53. The highest BCUT2D eigenvalue weighted by Crippen LogP contribution is 2.43. The van der Waals surface area contributed by atoms with Gasteiger partial charge in [0.15, 0.2) is 0 Å². The lowest BCUT2D eigenvalue weighted by atomic mass is 10.2. The van der Waals surface area contributed by atoms with E-state index in [1.54, 1.807) is 6.08 Å². The summed E-state index contributed by atoms with van der Waals surface area (Å²) in [6.45, 7) is 2.92. The molecular formula is C11H25NO4P+. The molecule has 0 spiro atoms. The molecule has 0 bridgehead atoms. The monoisotopic (exact) mass is 266 g/mol. The van der Waals surface area contributed by atoms with Gasteiger partial charge in [-0.25, -0.2) is 4.57 Å². The topological polar surface area (TPSA) is 55.8 Å². The highest BCUT2D eigenvalue weighted by Gasteiger charge is 2.21. The van der Waals surface area contributed by atoms with Crippen molar-refractivity contribution in [3.63, 3.8) is 0 Å². The van der Waals surface area contributed by atoms with Crippen LogP contribution in [0.25, 0.3) is 0 Å². The molecule has 0 aliphatic heterocycles. The zero-order valence-corrected chi connectivity index (χ0v) is 12.2. The molecule has 0 saturated carbocycles. The molecule has 0 radical (unpaired) electrons. The lowest BCUT2D eigenvalue weighted by Crippen LogP contribution is -2.37. The second-order valence-electron chi connectivity index (χ2n) is 4.94. The van der Waals surface area contributed by atoms with Crippen molar-refractivity contribution in [1.82, 2.24) is 0 Å². The van der Waals surface area contributed by atoms with E-state index in [4.69, 9.17) is 9.05 Å². The second kappa shape index (κ2) is 7.88. The fourth-order valence-corrected chi connectivity index (χ4v) is 1.58. The maximum Gasteiger partial charge on any atom is 0.527 e. The number of rotatable bonds is 9. The van der Waals surface area contributed by atoms with E-state index in [0.29, 0.717) is 11.0 Å². The van der Waals surface area contributed by atoms with Crippen LogP contribution in [-0.4, -0.2) is 43.7 Å². The molecule has 0 heterocycles. The van der Waals surface area contributed by atoms with Crippen molar-refractivity contribution in [3.8, 4) is 0 Å². The van der Waals surface area contributed by atoms with E-state index in [1.165, 1.54) is 6.26 Å². The van der Waals surface area contributed by atoms with Crippen LogP contribution in [0.2, 0.25) is 0 Å². The maximum absolute atomic E-state index is 11.4. The van der Waals surface area contributed by atoms with E-state index in [-0.39, 0.29) is 6.61 Å². The first-order valence-corrected chi connectivity index (χ1v) is 7.37. The number of phosphoric ester groups is 1. The molecule has 102 valence electrons. The van der Waals surface area contributed by atoms with E-state index in [9.17, 15) is 9.46 Å². The third-order valence-electron chi connectivity index (χ3n) is 2.03. The van der Waals surface area contributed by atoms with Gasteiger partial charge in [0.25, 0.3) is 0 Å². The van der Waals surface area contributed by atoms with Gasteiger partial charge in [0.1, 0.15) is 13.2 Å². The molecule has 0 saturated heterocycles. The average molecular weight is 266 g/mol. The van der Waals surface area contributed by atoms with E-state index < -0.39 is 7.82 Å². The SMILES string of the molecule is CCCC/C=C/OP(=O)(O)OCC[N+](C)(C)C. The van der Waals surface area contributed by atoms with Crippen LogP contribution >= 0.6 is 7.82 Å². The molecule has 1 atom stereocenters. The first kappa shape index (κ1) is 16.6. The fourth-order valence-electron chi connectivity index (χ4n) is 0.970. The van der Waals surface area contributed by atoms with Crippen LogP contribution in [0.5, 0.6) is 0 Å². The minimum atomic E-state index is -3.92. The molecule has 0 aliphatic rings. The smallest absolute Gasteiger partial charge is 0.412 e. The summed E-state index contributed by atoms with van der Waals surface area (Å²) in [6.07, 6.45) is 5.95. The van der Waals surface area contributed by atoms with Crippen molar-refractivity contribution in [3.05, 3.63) is 12.3 Å². The largest absolute Gasteiger partial charge is 0.527 e. The molecule has 5 nitrogen and oxygen atoms in total. The maximum atomic E-state index is 11.4. The number of allylic oxidation sites excluding steroid dienone is 1. The van der Waals surface area contributed by atoms with Gasteiger partial charge in [-0.1, -0.05) is 13.3 Å². The summed E-state index contributed by atoms with van der Waals surface area (Å²) in [4.78, 5) is 9.32. The van der Waals surface area contributed by atoms with Gasteiger partial charge in [-0.2, -0.15) is 0 Å². The lowest BCUT2D eigenvalue weighted by molar-refractivity contribution is -0.870. The molecule has 0 aromatic rings. The highest BCUT2D eigenvalue weighted by atomic mass is 31.2. The summed E-state index contributed by atoms with van der Waals surface area (Å²) < 4.78 is 21.6. The van der Waals surface area contributed by atoms with Crippen LogP contribution in [0, 0.1) is 0 Å². The molecular weight excluding hydrogens is 241 g/mol. The van der Waals surface area contributed by atoms with E-state index in [1.807, 2.05) is 21.1 Å². The van der Waals surface area contributed by atoms with Gasteiger partial charge in [-0.05, 0) is 18.9 Å². The van der Waals surface area contributed by atoms with Crippen molar-refractivity contribution < 1.29 is 23.0 Å². The van der Waals surface area contributed by atoms with Gasteiger partial charge in [-0.15, -0.1) is 0 Å². The number of likely N-dealkylation sites (N-methyl/N-ethyl adjacent to an activating group) is 1.